The Morgan fingerprint density at radius 3 is 2.64 bits per heavy atom. The van der Waals surface area contributed by atoms with E-state index < -0.39 is 5.54 Å². The van der Waals surface area contributed by atoms with Gasteiger partial charge in [0.25, 0.3) is 0 Å². The van der Waals surface area contributed by atoms with E-state index in [1.165, 1.54) is 5.75 Å². The highest BCUT2D eigenvalue weighted by Crippen LogP contribution is 2.31. The van der Waals surface area contributed by atoms with Crippen molar-refractivity contribution in [3.05, 3.63) is 0 Å². The Morgan fingerprint density at radius 1 is 1.21 bits per heavy atom. The number of thioether (sulfide) groups is 1. The molecule has 1 saturated heterocycles. The fourth-order valence-corrected chi connectivity index (χ4v) is 2.92. The zero-order chi connectivity index (χ0) is 10.0. The van der Waals surface area contributed by atoms with Crippen LogP contribution < -0.4 is 5.73 Å². The zero-order valence-corrected chi connectivity index (χ0v) is 9.31. The summed E-state index contributed by atoms with van der Waals surface area (Å²) in [6.07, 6.45) is 4.00. The van der Waals surface area contributed by atoms with Crippen LogP contribution in [0.2, 0.25) is 0 Å². The molecule has 14 heavy (non-hydrogen) atoms. The van der Waals surface area contributed by atoms with Gasteiger partial charge in [0.15, 0.2) is 0 Å². The summed E-state index contributed by atoms with van der Waals surface area (Å²) in [7, 11) is 0. The molecular formula is C10H18N2OS. The molecule has 4 heteroatoms. The summed E-state index contributed by atoms with van der Waals surface area (Å²) in [5, 5.41) is 0. The summed E-state index contributed by atoms with van der Waals surface area (Å²) in [5.41, 5.74) is 5.54. The van der Waals surface area contributed by atoms with Crippen molar-refractivity contribution in [3.63, 3.8) is 0 Å². The van der Waals surface area contributed by atoms with Crippen molar-refractivity contribution < 1.29 is 4.79 Å². The third kappa shape index (κ3) is 1.91. The molecule has 0 aromatic carbocycles. The number of carbonyl (C=O) groups is 1. The van der Waals surface area contributed by atoms with Gasteiger partial charge in [-0.3, -0.25) is 4.79 Å². The van der Waals surface area contributed by atoms with Gasteiger partial charge in [-0.15, -0.1) is 0 Å². The quantitative estimate of drug-likeness (QED) is 0.703. The minimum absolute atomic E-state index is 0.200. The Bertz CT molecular complexity index is 220. The summed E-state index contributed by atoms with van der Waals surface area (Å²) in [5.74, 6) is 2.45. The maximum atomic E-state index is 12.0. The summed E-state index contributed by atoms with van der Waals surface area (Å²) in [6.45, 7) is 1.80. The van der Waals surface area contributed by atoms with Gasteiger partial charge in [-0.2, -0.15) is 11.8 Å². The Labute approximate surface area is 89.4 Å². The number of hydrogen-bond acceptors (Lipinski definition) is 3. The third-order valence-electron chi connectivity index (χ3n) is 3.18. The molecule has 0 atom stereocenters. The van der Waals surface area contributed by atoms with E-state index in [0.717, 1.165) is 44.5 Å². The topological polar surface area (TPSA) is 46.3 Å². The lowest BCUT2D eigenvalue weighted by atomic mass is 9.76. The van der Waals surface area contributed by atoms with Gasteiger partial charge < -0.3 is 10.6 Å². The normalized spacial score (nSPS) is 26.5. The largest absolute Gasteiger partial charge is 0.340 e. The van der Waals surface area contributed by atoms with Gasteiger partial charge in [-0.05, 0) is 31.4 Å². The Kier molecular flexibility index (Phi) is 3.02. The fourth-order valence-electron chi connectivity index (χ4n) is 2.04. The standard InChI is InChI=1S/C10H18N2OS/c11-10(3-1-4-10)9(13)12-5-2-7-14-8-6-12/h1-8,11H2. The molecule has 3 nitrogen and oxygen atoms in total. The van der Waals surface area contributed by atoms with Gasteiger partial charge in [0.2, 0.25) is 5.91 Å². The molecule has 1 aliphatic carbocycles. The van der Waals surface area contributed by atoms with Crippen LogP contribution in [0, 0.1) is 0 Å². The molecule has 1 saturated carbocycles. The number of nitrogens with two attached hydrogens (primary N) is 1. The zero-order valence-electron chi connectivity index (χ0n) is 8.50. The van der Waals surface area contributed by atoms with Gasteiger partial charge in [0.1, 0.15) is 0 Å². The Hall–Kier alpha value is -0.220. The van der Waals surface area contributed by atoms with Gasteiger partial charge in [-0.25, -0.2) is 0 Å². The van der Waals surface area contributed by atoms with Crippen molar-refractivity contribution in [1.82, 2.24) is 4.90 Å². The van der Waals surface area contributed by atoms with Crippen molar-refractivity contribution in [1.29, 1.82) is 0 Å². The van der Waals surface area contributed by atoms with Gasteiger partial charge in [-0.1, -0.05) is 0 Å². The molecular weight excluding hydrogens is 196 g/mol. The van der Waals surface area contributed by atoms with Crippen LogP contribution in [0.5, 0.6) is 0 Å². The van der Waals surface area contributed by atoms with Gasteiger partial charge in [0, 0.05) is 18.8 Å². The van der Waals surface area contributed by atoms with Crippen molar-refractivity contribution >= 4 is 17.7 Å². The van der Waals surface area contributed by atoms with E-state index in [1.807, 2.05) is 16.7 Å². The molecule has 2 aliphatic rings. The van der Waals surface area contributed by atoms with Crippen LogP contribution in [-0.4, -0.2) is 40.9 Å². The molecule has 0 bridgehead atoms. The maximum Gasteiger partial charge on any atom is 0.242 e. The van der Waals surface area contributed by atoms with Crippen molar-refractivity contribution in [2.45, 2.75) is 31.2 Å². The summed E-state index contributed by atoms with van der Waals surface area (Å²) >= 11 is 1.94. The van der Waals surface area contributed by atoms with Crippen LogP contribution in [0.25, 0.3) is 0 Å². The Morgan fingerprint density at radius 2 is 2.00 bits per heavy atom. The lowest BCUT2D eigenvalue weighted by Crippen LogP contribution is -2.59. The molecule has 2 fully saturated rings. The lowest BCUT2D eigenvalue weighted by Gasteiger charge is -2.40. The van der Waals surface area contributed by atoms with Crippen molar-refractivity contribution in [3.8, 4) is 0 Å². The number of rotatable bonds is 1. The molecule has 0 unspecified atom stereocenters. The van der Waals surface area contributed by atoms with Crippen molar-refractivity contribution in [2.24, 2.45) is 5.73 Å². The molecule has 2 N–H and O–H groups in total. The molecule has 2 rings (SSSR count). The minimum atomic E-state index is -0.491. The molecule has 0 aromatic rings. The molecule has 0 aromatic heterocycles. The van der Waals surface area contributed by atoms with Crippen LogP contribution in [0.15, 0.2) is 0 Å². The number of nitrogens with zero attached hydrogens (tertiary/aromatic N) is 1. The molecule has 1 aliphatic heterocycles. The first kappa shape index (κ1) is 10.3. The highest BCUT2D eigenvalue weighted by atomic mass is 32.2. The van der Waals surface area contributed by atoms with Crippen LogP contribution in [0.3, 0.4) is 0 Å². The fraction of sp³-hybridized carbons (Fsp3) is 0.900. The highest BCUT2D eigenvalue weighted by molar-refractivity contribution is 7.99. The summed E-state index contributed by atoms with van der Waals surface area (Å²) in [4.78, 5) is 14.0. The smallest absolute Gasteiger partial charge is 0.242 e. The number of hydrogen-bond donors (Lipinski definition) is 1. The predicted molar refractivity (Wildman–Crippen MR) is 59.3 cm³/mol. The monoisotopic (exact) mass is 214 g/mol. The van der Waals surface area contributed by atoms with Crippen LogP contribution in [0.4, 0.5) is 0 Å². The number of amides is 1. The Balaban J connectivity index is 1.95. The van der Waals surface area contributed by atoms with E-state index in [-0.39, 0.29) is 5.91 Å². The minimum Gasteiger partial charge on any atom is -0.340 e. The van der Waals surface area contributed by atoms with E-state index in [2.05, 4.69) is 0 Å². The lowest BCUT2D eigenvalue weighted by molar-refractivity contribution is -0.139. The second kappa shape index (κ2) is 4.11. The third-order valence-corrected chi connectivity index (χ3v) is 4.23. The SMILES string of the molecule is NC1(C(=O)N2CCCSCC2)CCC1. The first-order valence-corrected chi connectivity index (χ1v) is 6.54. The molecule has 1 amide bonds. The number of carbonyl (C=O) groups excluding carboxylic acids is 1. The maximum absolute atomic E-state index is 12.0. The first-order chi connectivity index (χ1) is 6.72. The van der Waals surface area contributed by atoms with Crippen molar-refractivity contribution in [2.75, 3.05) is 24.6 Å². The van der Waals surface area contributed by atoms with Crippen LogP contribution >= 0.6 is 11.8 Å². The highest BCUT2D eigenvalue weighted by Gasteiger charge is 2.42. The predicted octanol–water partition coefficient (Wildman–Crippen LogP) is 0.833. The second-order valence-corrected chi connectivity index (χ2v) is 5.49. The van der Waals surface area contributed by atoms with Crippen LogP contribution in [-0.2, 0) is 4.79 Å². The van der Waals surface area contributed by atoms with E-state index in [4.69, 9.17) is 5.73 Å². The van der Waals surface area contributed by atoms with Crippen LogP contribution in [0.1, 0.15) is 25.7 Å². The second-order valence-electron chi connectivity index (χ2n) is 4.27. The van der Waals surface area contributed by atoms with Gasteiger partial charge in [0.05, 0.1) is 5.54 Å². The first-order valence-electron chi connectivity index (χ1n) is 5.38. The van der Waals surface area contributed by atoms with E-state index in [0.29, 0.717) is 0 Å². The van der Waals surface area contributed by atoms with E-state index >= 15 is 0 Å². The molecule has 0 spiro atoms. The average molecular weight is 214 g/mol. The average Bonchev–Trinajstić information content (AvgIpc) is 2.41. The van der Waals surface area contributed by atoms with Gasteiger partial charge >= 0.3 is 0 Å². The summed E-state index contributed by atoms with van der Waals surface area (Å²) < 4.78 is 0. The molecule has 80 valence electrons. The summed E-state index contributed by atoms with van der Waals surface area (Å²) in [6, 6.07) is 0. The van der Waals surface area contributed by atoms with E-state index in [9.17, 15) is 4.79 Å². The van der Waals surface area contributed by atoms with E-state index in [1.54, 1.807) is 0 Å². The molecule has 0 radical (unpaired) electrons. The molecule has 1 heterocycles.